The lowest BCUT2D eigenvalue weighted by molar-refractivity contribution is 0.0594. The maximum Gasteiger partial charge on any atom is 0.357 e. The van der Waals surface area contributed by atoms with Crippen LogP contribution in [0.4, 0.5) is 0 Å². The summed E-state index contributed by atoms with van der Waals surface area (Å²) in [4.78, 5) is 30.8. The third kappa shape index (κ3) is 3.75. The molecule has 26 heavy (non-hydrogen) atoms. The smallest absolute Gasteiger partial charge is 0.357 e. The van der Waals surface area contributed by atoms with E-state index in [1.807, 2.05) is 49.4 Å². The van der Waals surface area contributed by atoms with Crippen LogP contribution in [0.5, 0.6) is 0 Å². The van der Waals surface area contributed by atoms with Crippen LogP contribution in [0, 0.1) is 0 Å². The van der Waals surface area contributed by atoms with E-state index in [2.05, 4.69) is 4.98 Å². The number of rotatable bonds is 6. The standard InChI is InChI=1S/C20H20N2O3S/c1-3-11-22(12-18-21-17(13-26-18)20(24)25-2)19(23)16-10-6-8-14-7-4-5-9-15(14)16/h4-10,13H,3,11-12H2,1-2H3. The molecule has 0 aliphatic carbocycles. The fourth-order valence-electron chi connectivity index (χ4n) is 2.85. The number of methoxy groups -OCH3 is 1. The van der Waals surface area contributed by atoms with Crippen molar-refractivity contribution in [1.29, 1.82) is 0 Å². The van der Waals surface area contributed by atoms with Gasteiger partial charge >= 0.3 is 5.97 Å². The maximum atomic E-state index is 13.2. The third-order valence-electron chi connectivity index (χ3n) is 4.07. The number of carbonyl (C=O) groups excluding carboxylic acids is 2. The average Bonchev–Trinajstić information content (AvgIpc) is 3.14. The SMILES string of the molecule is CCCN(Cc1nc(C(=O)OC)cs1)C(=O)c1cccc2ccccc12. The monoisotopic (exact) mass is 368 g/mol. The molecule has 1 aromatic heterocycles. The first kappa shape index (κ1) is 18.1. The van der Waals surface area contributed by atoms with Crippen LogP contribution < -0.4 is 0 Å². The summed E-state index contributed by atoms with van der Waals surface area (Å²) in [6, 6.07) is 13.6. The van der Waals surface area contributed by atoms with Crippen molar-refractivity contribution in [2.75, 3.05) is 13.7 Å². The van der Waals surface area contributed by atoms with Gasteiger partial charge in [0.1, 0.15) is 5.01 Å². The second-order valence-corrected chi connectivity index (χ2v) is 6.81. The molecule has 0 N–H and O–H groups in total. The first-order valence-electron chi connectivity index (χ1n) is 8.43. The first-order chi connectivity index (χ1) is 12.6. The van der Waals surface area contributed by atoms with Crippen molar-refractivity contribution in [2.45, 2.75) is 19.9 Å². The summed E-state index contributed by atoms with van der Waals surface area (Å²) in [6.45, 7) is 3.03. The van der Waals surface area contributed by atoms with Crippen LogP contribution in [0.25, 0.3) is 10.8 Å². The van der Waals surface area contributed by atoms with Crippen LogP contribution >= 0.6 is 11.3 Å². The minimum atomic E-state index is -0.463. The van der Waals surface area contributed by atoms with Crippen molar-refractivity contribution >= 4 is 34.0 Å². The lowest BCUT2D eigenvalue weighted by Crippen LogP contribution is -2.31. The summed E-state index contributed by atoms with van der Waals surface area (Å²) in [6.07, 6.45) is 0.839. The Bertz CT molecular complexity index is 930. The second kappa shape index (κ2) is 8.10. The largest absolute Gasteiger partial charge is 0.464 e. The Morgan fingerprint density at radius 3 is 2.69 bits per heavy atom. The lowest BCUT2D eigenvalue weighted by atomic mass is 10.0. The number of amides is 1. The van der Waals surface area contributed by atoms with Gasteiger partial charge in [0.05, 0.1) is 13.7 Å². The fourth-order valence-corrected chi connectivity index (χ4v) is 3.63. The normalized spacial score (nSPS) is 10.7. The fraction of sp³-hybridized carbons (Fsp3) is 0.250. The van der Waals surface area contributed by atoms with E-state index in [0.29, 0.717) is 23.7 Å². The molecule has 0 saturated carbocycles. The molecule has 2 aromatic carbocycles. The molecule has 0 saturated heterocycles. The van der Waals surface area contributed by atoms with Crippen LogP contribution in [-0.4, -0.2) is 35.4 Å². The van der Waals surface area contributed by atoms with E-state index in [1.165, 1.54) is 18.4 Å². The van der Waals surface area contributed by atoms with Gasteiger partial charge in [-0.25, -0.2) is 9.78 Å². The van der Waals surface area contributed by atoms with Gasteiger partial charge < -0.3 is 9.64 Å². The minimum absolute atomic E-state index is 0.0292. The number of nitrogens with zero attached hydrogens (tertiary/aromatic N) is 2. The summed E-state index contributed by atoms with van der Waals surface area (Å²) < 4.78 is 4.69. The molecule has 0 spiro atoms. The summed E-state index contributed by atoms with van der Waals surface area (Å²) in [7, 11) is 1.33. The van der Waals surface area contributed by atoms with Gasteiger partial charge in [-0.1, -0.05) is 43.3 Å². The highest BCUT2D eigenvalue weighted by Crippen LogP contribution is 2.22. The van der Waals surface area contributed by atoms with E-state index in [9.17, 15) is 9.59 Å². The Morgan fingerprint density at radius 1 is 1.15 bits per heavy atom. The molecule has 0 bridgehead atoms. The predicted octanol–water partition coefficient (Wildman–Crippen LogP) is 4.14. The molecule has 6 heteroatoms. The quantitative estimate of drug-likeness (QED) is 0.614. The van der Waals surface area contributed by atoms with Crippen molar-refractivity contribution in [3.8, 4) is 0 Å². The third-order valence-corrected chi connectivity index (χ3v) is 4.91. The summed E-state index contributed by atoms with van der Waals surface area (Å²) >= 11 is 1.36. The molecule has 0 fully saturated rings. The van der Waals surface area contributed by atoms with E-state index in [0.717, 1.165) is 17.2 Å². The van der Waals surface area contributed by atoms with E-state index < -0.39 is 5.97 Å². The molecule has 1 heterocycles. The van der Waals surface area contributed by atoms with Gasteiger partial charge in [-0.15, -0.1) is 11.3 Å². The Hall–Kier alpha value is -2.73. The van der Waals surface area contributed by atoms with E-state index >= 15 is 0 Å². The predicted molar refractivity (Wildman–Crippen MR) is 102 cm³/mol. The summed E-state index contributed by atoms with van der Waals surface area (Å²) in [5.74, 6) is -0.492. The van der Waals surface area contributed by atoms with Gasteiger partial charge in [-0.05, 0) is 23.3 Å². The van der Waals surface area contributed by atoms with Gasteiger partial charge in [0.25, 0.3) is 5.91 Å². The molecule has 5 nitrogen and oxygen atoms in total. The van der Waals surface area contributed by atoms with Gasteiger partial charge in [0.2, 0.25) is 0 Å². The Balaban J connectivity index is 1.88. The van der Waals surface area contributed by atoms with Gasteiger partial charge in [0, 0.05) is 17.5 Å². The van der Waals surface area contributed by atoms with Crippen molar-refractivity contribution in [3.05, 3.63) is 64.1 Å². The number of fused-ring (bicyclic) bond motifs is 1. The molecular formula is C20H20N2O3S. The number of hydrogen-bond acceptors (Lipinski definition) is 5. The Morgan fingerprint density at radius 2 is 1.92 bits per heavy atom. The van der Waals surface area contributed by atoms with Crippen molar-refractivity contribution < 1.29 is 14.3 Å². The van der Waals surface area contributed by atoms with Gasteiger partial charge in [0.15, 0.2) is 5.69 Å². The van der Waals surface area contributed by atoms with Crippen LogP contribution in [0.2, 0.25) is 0 Å². The van der Waals surface area contributed by atoms with Crippen LogP contribution in [0.3, 0.4) is 0 Å². The first-order valence-corrected chi connectivity index (χ1v) is 9.31. The number of esters is 1. The lowest BCUT2D eigenvalue weighted by Gasteiger charge is -2.22. The van der Waals surface area contributed by atoms with Crippen molar-refractivity contribution in [1.82, 2.24) is 9.88 Å². The molecule has 1 amide bonds. The highest BCUT2D eigenvalue weighted by Gasteiger charge is 2.20. The van der Waals surface area contributed by atoms with Crippen LogP contribution in [0.1, 0.15) is 39.2 Å². The number of thiazole rings is 1. The molecule has 0 aliphatic rings. The second-order valence-electron chi connectivity index (χ2n) is 5.87. The number of aromatic nitrogens is 1. The van der Waals surface area contributed by atoms with Crippen molar-refractivity contribution in [2.24, 2.45) is 0 Å². The number of benzene rings is 2. The molecule has 0 unspecified atom stereocenters. The maximum absolute atomic E-state index is 13.2. The molecule has 3 rings (SSSR count). The molecule has 3 aromatic rings. The van der Waals surface area contributed by atoms with E-state index in [1.54, 1.807) is 10.3 Å². The number of ether oxygens (including phenoxy) is 1. The minimum Gasteiger partial charge on any atom is -0.464 e. The van der Waals surface area contributed by atoms with E-state index in [4.69, 9.17) is 4.74 Å². The van der Waals surface area contributed by atoms with E-state index in [-0.39, 0.29) is 11.6 Å². The zero-order valence-electron chi connectivity index (χ0n) is 14.8. The number of carbonyl (C=O) groups is 2. The average molecular weight is 368 g/mol. The summed E-state index contributed by atoms with van der Waals surface area (Å²) in [5.41, 5.74) is 0.961. The topological polar surface area (TPSA) is 59.5 Å². The van der Waals surface area contributed by atoms with Crippen LogP contribution in [-0.2, 0) is 11.3 Å². The van der Waals surface area contributed by atoms with Crippen LogP contribution in [0.15, 0.2) is 47.8 Å². The highest BCUT2D eigenvalue weighted by molar-refractivity contribution is 7.09. The highest BCUT2D eigenvalue weighted by atomic mass is 32.1. The zero-order valence-corrected chi connectivity index (χ0v) is 15.6. The molecule has 134 valence electrons. The summed E-state index contributed by atoms with van der Waals surface area (Å²) in [5, 5.41) is 4.35. The molecule has 0 radical (unpaired) electrons. The molecule has 0 atom stereocenters. The Kier molecular flexibility index (Phi) is 5.63. The van der Waals surface area contributed by atoms with Crippen molar-refractivity contribution in [3.63, 3.8) is 0 Å². The van der Waals surface area contributed by atoms with Gasteiger partial charge in [-0.2, -0.15) is 0 Å². The molecule has 0 aliphatic heterocycles. The Labute approximate surface area is 156 Å². The molecular weight excluding hydrogens is 348 g/mol. The van der Waals surface area contributed by atoms with Gasteiger partial charge in [-0.3, -0.25) is 4.79 Å². The number of hydrogen-bond donors (Lipinski definition) is 0. The zero-order chi connectivity index (χ0) is 18.5.